The fourth-order valence-corrected chi connectivity index (χ4v) is 2.52. The van der Waals surface area contributed by atoms with Crippen molar-refractivity contribution in [3.63, 3.8) is 0 Å². The minimum Gasteiger partial charge on any atom is -0.443 e. The van der Waals surface area contributed by atoms with Crippen LogP contribution in [0.5, 0.6) is 0 Å². The third-order valence-corrected chi connectivity index (χ3v) is 3.79. The van der Waals surface area contributed by atoms with Crippen molar-refractivity contribution in [2.75, 3.05) is 6.61 Å². The molecule has 0 unspecified atom stereocenters. The zero-order chi connectivity index (χ0) is 13.0. The van der Waals surface area contributed by atoms with Crippen LogP contribution in [0.25, 0.3) is 0 Å². The summed E-state index contributed by atoms with van der Waals surface area (Å²) < 4.78 is 11.2. The maximum absolute atomic E-state index is 6.38. The minimum atomic E-state index is -0.146. The average molecular weight is 252 g/mol. The lowest BCUT2D eigenvalue weighted by atomic mass is 9.93. The molecule has 0 saturated heterocycles. The van der Waals surface area contributed by atoms with E-state index in [1.165, 1.54) is 25.7 Å². The molecular weight excluding hydrogens is 228 g/mol. The van der Waals surface area contributed by atoms with Crippen LogP contribution >= 0.6 is 0 Å². The van der Waals surface area contributed by atoms with Crippen LogP contribution in [-0.2, 0) is 11.3 Å². The van der Waals surface area contributed by atoms with Crippen LogP contribution in [0, 0.1) is 13.8 Å². The predicted octanol–water partition coefficient (Wildman–Crippen LogP) is 2.86. The highest BCUT2D eigenvalue weighted by Gasteiger charge is 2.26. The highest BCUT2D eigenvalue weighted by atomic mass is 16.5. The summed E-state index contributed by atoms with van der Waals surface area (Å²) in [5, 5.41) is 0. The van der Waals surface area contributed by atoms with E-state index in [1.54, 1.807) is 0 Å². The van der Waals surface area contributed by atoms with Crippen molar-refractivity contribution in [3.8, 4) is 0 Å². The maximum Gasteiger partial charge on any atom is 0.220 e. The van der Waals surface area contributed by atoms with E-state index in [2.05, 4.69) is 4.98 Å². The van der Waals surface area contributed by atoms with E-state index in [0.717, 1.165) is 24.3 Å². The van der Waals surface area contributed by atoms with Gasteiger partial charge in [0.1, 0.15) is 12.4 Å². The second kappa shape index (κ2) is 5.85. The van der Waals surface area contributed by atoms with Gasteiger partial charge in [-0.2, -0.15) is 0 Å². The summed E-state index contributed by atoms with van der Waals surface area (Å²) in [4.78, 5) is 4.30. The Kier molecular flexibility index (Phi) is 4.40. The summed E-state index contributed by atoms with van der Waals surface area (Å²) in [5.41, 5.74) is 7.17. The first-order valence-corrected chi connectivity index (χ1v) is 6.89. The van der Waals surface area contributed by atoms with Gasteiger partial charge in [0.15, 0.2) is 0 Å². The van der Waals surface area contributed by atoms with Crippen LogP contribution < -0.4 is 5.73 Å². The molecule has 4 heteroatoms. The molecule has 1 aliphatic carbocycles. The molecule has 1 aromatic heterocycles. The SMILES string of the molecule is Cc1nc(COCC2(N)CCCCCC2)oc1C. The van der Waals surface area contributed by atoms with Gasteiger partial charge in [0, 0.05) is 5.54 Å². The largest absolute Gasteiger partial charge is 0.443 e. The van der Waals surface area contributed by atoms with Gasteiger partial charge in [-0.15, -0.1) is 0 Å². The lowest BCUT2D eigenvalue weighted by Crippen LogP contribution is -2.43. The highest BCUT2D eigenvalue weighted by Crippen LogP contribution is 2.25. The number of hydrogen-bond donors (Lipinski definition) is 1. The Hall–Kier alpha value is -0.870. The molecule has 4 nitrogen and oxygen atoms in total. The molecule has 0 amide bonds. The highest BCUT2D eigenvalue weighted by molar-refractivity contribution is 5.04. The predicted molar refractivity (Wildman–Crippen MR) is 70.3 cm³/mol. The van der Waals surface area contributed by atoms with Gasteiger partial charge in [-0.05, 0) is 26.7 Å². The van der Waals surface area contributed by atoms with Crippen molar-refractivity contribution in [1.82, 2.24) is 4.98 Å². The Balaban J connectivity index is 1.80. The molecule has 0 bridgehead atoms. The molecule has 1 aliphatic rings. The van der Waals surface area contributed by atoms with Gasteiger partial charge in [-0.3, -0.25) is 0 Å². The van der Waals surface area contributed by atoms with Crippen LogP contribution in [0.15, 0.2) is 4.42 Å². The van der Waals surface area contributed by atoms with Crippen LogP contribution in [-0.4, -0.2) is 17.1 Å². The number of nitrogens with zero attached hydrogens (tertiary/aromatic N) is 1. The van der Waals surface area contributed by atoms with E-state index in [1.807, 2.05) is 13.8 Å². The fourth-order valence-electron chi connectivity index (χ4n) is 2.52. The molecule has 0 aliphatic heterocycles. The van der Waals surface area contributed by atoms with Gasteiger partial charge >= 0.3 is 0 Å². The monoisotopic (exact) mass is 252 g/mol. The van der Waals surface area contributed by atoms with Crippen molar-refractivity contribution in [2.24, 2.45) is 5.73 Å². The maximum atomic E-state index is 6.38. The summed E-state index contributed by atoms with van der Waals surface area (Å²) in [7, 11) is 0. The second-order valence-electron chi connectivity index (χ2n) is 5.52. The number of ether oxygens (including phenoxy) is 1. The van der Waals surface area contributed by atoms with Crippen molar-refractivity contribution in [2.45, 2.75) is 64.5 Å². The molecule has 0 spiro atoms. The lowest BCUT2D eigenvalue weighted by molar-refractivity contribution is 0.0542. The molecule has 1 heterocycles. The Morgan fingerprint density at radius 2 is 1.89 bits per heavy atom. The average Bonchev–Trinajstić information content (AvgIpc) is 2.52. The minimum absolute atomic E-state index is 0.146. The van der Waals surface area contributed by atoms with E-state index >= 15 is 0 Å². The zero-order valence-corrected chi connectivity index (χ0v) is 11.5. The second-order valence-corrected chi connectivity index (χ2v) is 5.52. The van der Waals surface area contributed by atoms with Crippen LogP contribution in [0.2, 0.25) is 0 Å². The van der Waals surface area contributed by atoms with Gasteiger partial charge in [0.05, 0.1) is 12.3 Å². The van der Waals surface area contributed by atoms with E-state index < -0.39 is 0 Å². The third kappa shape index (κ3) is 3.56. The van der Waals surface area contributed by atoms with Crippen molar-refractivity contribution in [3.05, 3.63) is 17.3 Å². The van der Waals surface area contributed by atoms with Crippen molar-refractivity contribution in [1.29, 1.82) is 0 Å². The summed E-state index contributed by atoms with van der Waals surface area (Å²) in [6.45, 7) is 4.89. The normalized spacial score (nSPS) is 19.7. The van der Waals surface area contributed by atoms with Crippen molar-refractivity contribution >= 4 is 0 Å². The zero-order valence-electron chi connectivity index (χ0n) is 11.5. The summed E-state index contributed by atoms with van der Waals surface area (Å²) in [6, 6.07) is 0. The molecule has 2 N–H and O–H groups in total. The standard InChI is InChI=1S/C14H24N2O2/c1-11-12(2)18-13(16-11)9-17-10-14(15)7-5-3-4-6-8-14/h3-10,15H2,1-2H3. The van der Waals surface area contributed by atoms with E-state index in [0.29, 0.717) is 19.1 Å². The summed E-state index contributed by atoms with van der Waals surface area (Å²) >= 11 is 0. The van der Waals surface area contributed by atoms with E-state index in [4.69, 9.17) is 14.9 Å². The molecule has 1 aromatic rings. The number of aryl methyl sites for hydroxylation is 2. The molecule has 0 radical (unpaired) electrons. The number of aromatic nitrogens is 1. The van der Waals surface area contributed by atoms with Crippen LogP contribution in [0.3, 0.4) is 0 Å². The first kappa shape index (κ1) is 13.6. The quantitative estimate of drug-likeness (QED) is 0.837. The fraction of sp³-hybridized carbons (Fsp3) is 0.786. The number of nitrogens with two attached hydrogens (primary N) is 1. The molecule has 2 rings (SSSR count). The first-order valence-electron chi connectivity index (χ1n) is 6.89. The van der Waals surface area contributed by atoms with Gasteiger partial charge < -0.3 is 14.9 Å². The van der Waals surface area contributed by atoms with Crippen LogP contribution in [0.4, 0.5) is 0 Å². The molecule has 18 heavy (non-hydrogen) atoms. The van der Waals surface area contributed by atoms with Crippen LogP contribution in [0.1, 0.15) is 55.9 Å². The smallest absolute Gasteiger partial charge is 0.220 e. The molecule has 0 aromatic carbocycles. The van der Waals surface area contributed by atoms with Crippen molar-refractivity contribution < 1.29 is 9.15 Å². The lowest BCUT2D eigenvalue weighted by Gasteiger charge is -2.27. The third-order valence-electron chi connectivity index (χ3n) is 3.79. The van der Waals surface area contributed by atoms with Gasteiger partial charge in [0.2, 0.25) is 5.89 Å². The number of hydrogen-bond acceptors (Lipinski definition) is 4. The summed E-state index contributed by atoms with van der Waals surface area (Å²) in [6.07, 6.45) is 7.18. The van der Waals surface area contributed by atoms with Gasteiger partial charge in [-0.1, -0.05) is 25.7 Å². The Morgan fingerprint density at radius 1 is 1.22 bits per heavy atom. The van der Waals surface area contributed by atoms with Gasteiger partial charge in [-0.25, -0.2) is 4.98 Å². The Bertz CT molecular complexity index is 360. The molecule has 1 saturated carbocycles. The molecular formula is C14H24N2O2. The van der Waals surface area contributed by atoms with E-state index in [9.17, 15) is 0 Å². The number of oxazole rings is 1. The number of rotatable bonds is 4. The summed E-state index contributed by atoms with van der Waals surface area (Å²) in [5.74, 6) is 1.52. The first-order chi connectivity index (χ1) is 8.59. The van der Waals surface area contributed by atoms with Gasteiger partial charge in [0.25, 0.3) is 0 Å². The topological polar surface area (TPSA) is 61.3 Å². The Labute approximate surface area is 109 Å². The van der Waals surface area contributed by atoms with E-state index in [-0.39, 0.29) is 5.54 Å². The molecule has 102 valence electrons. The Morgan fingerprint density at radius 3 is 2.44 bits per heavy atom. The molecule has 1 fully saturated rings. The molecule has 0 atom stereocenters.